The van der Waals surface area contributed by atoms with Gasteiger partial charge in [0.1, 0.15) is 5.75 Å². The topological polar surface area (TPSA) is 41.6 Å². The van der Waals surface area contributed by atoms with Crippen molar-refractivity contribution in [1.82, 2.24) is 4.90 Å². The van der Waals surface area contributed by atoms with Gasteiger partial charge in [-0.15, -0.1) is 0 Å². The van der Waals surface area contributed by atoms with Crippen LogP contribution in [0, 0.1) is 11.8 Å². The van der Waals surface area contributed by atoms with E-state index in [2.05, 4.69) is 29.3 Å². The van der Waals surface area contributed by atoms with Gasteiger partial charge in [-0.25, -0.2) is 0 Å². The van der Waals surface area contributed by atoms with Crippen LogP contribution in [-0.2, 0) is 4.79 Å². The van der Waals surface area contributed by atoms with Gasteiger partial charge in [0.15, 0.2) is 0 Å². The highest BCUT2D eigenvalue weighted by atomic mass is 35.5. The number of likely N-dealkylation sites (tertiary alicyclic amines) is 1. The summed E-state index contributed by atoms with van der Waals surface area (Å²) in [5.74, 6) is 1.89. The summed E-state index contributed by atoms with van der Waals surface area (Å²) in [6.45, 7) is 9.97. The van der Waals surface area contributed by atoms with Gasteiger partial charge in [0.2, 0.25) is 5.91 Å². The Bertz CT molecular complexity index is 831. The van der Waals surface area contributed by atoms with Crippen LogP contribution in [0.4, 0.5) is 5.69 Å². The van der Waals surface area contributed by atoms with Crippen LogP contribution >= 0.6 is 11.6 Å². The molecule has 0 unspecified atom stereocenters. The Morgan fingerprint density at radius 1 is 1.13 bits per heavy atom. The lowest BCUT2D eigenvalue weighted by Crippen LogP contribution is -2.37. The molecule has 1 amide bonds. The maximum absolute atomic E-state index is 12.0. The third-order valence-corrected chi connectivity index (χ3v) is 5.87. The number of amides is 1. The predicted molar refractivity (Wildman–Crippen MR) is 124 cm³/mol. The molecule has 2 aromatic carbocycles. The molecule has 2 aromatic rings. The van der Waals surface area contributed by atoms with E-state index in [1.165, 1.54) is 5.56 Å². The molecule has 3 rings (SSSR count). The SMILES string of the molecule is CC(C)C(=O)Nc1cccc(C2CCN(C[C@H](C)COc3cccc(Cl)c3)CC2)c1. The Morgan fingerprint density at radius 2 is 1.87 bits per heavy atom. The van der Waals surface area contributed by atoms with Crippen LogP contribution in [0.3, 0.4) is 0 Å². The van der Waals surface area contributed by atoms with Gasteiger partial charge in [-0.3, -0.25) is 4.79 Å². The minimum absolute atomic E-state index is 0.0123. The number of carbonyl (C=O) groups excluding carboxylic acids is 1. The molecule has 1 saturated heterocycles. The van der Waals surface area contributed by atoms with E-state index in [1.54, 1.807) is 0 Å². The number of hydrogen-bond acceptors (Lipinski definition) is 3. The van der Waals surface area contributed by atoms with Crippen molar-refractivity contribution in [1.29, 1.82) is 0 Å². The molecule has 1 aliphatic heterocycles. The molecule has 30 heavy (non-hydrogen) atoms. The molecule has 162 valence electrons. The van der Waals surface area contributed by atoms with Gasteiger partial charge < -0.3 is 15.0 Å². The Morgan fingerprint density at radius 3 is 2.57 bits per heavy atom. The second-order valence-corrected chi connectivity index (χ2v) is 9.15. The van der Waals surface area contributed by atoms with Crippen LogP contribution in [-0.4, -0.2) is 37.0 Å². The van der Waals surface area contributed by atoms with E-state index in [0.717, 1.165) is 43.9 Å². The van der Waals surface area contributed by atoms with Gasteiger partial charge in [0, 0.05) is 29.1 Å². The third kappa shape index (κ3) is 6.75. The van der Waals surface area contributed by atoms with Crippen molar-refractivity contribution in [3.63, 3.8) is 0 Å². The summed E-state index contributed by atoms with van der Waals surface area (Å²) in [5, 5.41) is 3.72. The lowest BCUT2D eigenvalue weighted by Gasteiger charge is -2.33. The summed E-state index contributed by atoms with van der Waals surface area (Å²) < 4.78 is 5.90. The average Bonchev–Trinajstić information content (AvgIpc) is 2.73. The highest BCUT2D eigenvalue weighted by Crippen LogP contribution is 2.30. The normalized spacial score (nSPS) is 16.4. The van der Waals surface area contributed by atoms with E-state index in [-0.39, 0.29) is 11.8 Å². The van der Waals surface area contributed by atoms with E-state index >= 15 is 0 Å². The molecule has 1 atom stereocenters. The van der Waals surface area contributed by atoms with Gasteiger partial charge in [-0.2, -0.15) is 0 Å². The summed E-state index contributed by atoms with van der Waals surface area (Å²) >= 11 is 6.02. The third-order valence-electron chi connectivity index (χ3n) is 5.64. The molecular weight excluding hydrogens is 396 g/mol. The fraction of sp³-hybridized carbons (Fsp3) is 0.480. The van der Waals surface area contributed by atoms with Gasteiger partial charge in [0.05, 0.1) is 6.61 Å². The first kappa shape index (κ1) is 22.6. The molecule has 0 spiro atoms. The molecule has 0 saturated carbocycles. The zero-order chi connectivity index (χ0) is 21.5. The minimum Gasteiger partial charge on any atom is -0.493 e. The molecule has 0 radical (unpaired) electrons. The Balaban J connectivity index is 1.45. The van der Waals surface area contributed by atoms with Crippen molar-refractivity contribution in [2.45, 2.75) is 39.5 Å². The number of piperidine rings is 1. The van der Waals surface area contributed by atoms with Crippen molar-refractivity contribution in [2.75, 3.05) is 31.6 Å². The lowest BCUT2D eigenvalue weighted by molar-refractivity contribution is -0.118. The lowest BCUT2D eigenvalue weighted by atomic mass is 9.89. The number of benzene rings is 2. The van der Waals surface area contributed by atoms with Crippen LogP contribution in [0.15, 0.2) is 48.5 Å². The first-order valence-electron chi connectivity index (χ1n) is 10.9. The molecule has 4 nitrogen and oxygen atoms in total. The summed E-state index contributed by atoms with van der Waals surface area (Å²) in [6, 6.07) is 15.9. The Kier molecular flexibility index (Phi) is 8.17. The second kappa shape index (κ2) is 10.8. The van der Waals surface area contributed by atoms with Gasteiger partial charge in [-0.05, 0) is 67.7 Å². The number of rotatable bonds is 8. The zero-order valence-electron chi connectivity index (χ0n) is 18.2. The first-order valence-corrected chi connectivity index (χ1v) is 11.3. The van der Waals surface area contributed by atoms with E-state index in [1.807, 2.05) is 50.2 Å². The molecule has 0 aliphatic carbocycles. The number of halogens is 1. The van der Waals surface area contributed by atoms with Crippen molar-refractivity contribution < 1.29 is 9.53 Å². The van der Waals surface area contributed by atoms with Crippen molar-refractivity contribution in [3.8, 4) is 5.75 Å². The summed E-state index contributed by atoms with van der Waals surface area (Å²) in [5.41, 5.74) is 2.23. The van der Waals surface area contributed by atoms with Gasteiger partial charge in [-0.1, -0.05) is 50.6 Å². The molecule has 0 aromatic heterocycles. The van der Waals surface area contributed by atoms with Crippen LogP contribution in [0.5, 0.6) is 5.75 Å². The van der Waals surface area contributed by atoms with Crippen LogP contribution < -0.4 is 10.1 Å². The standard InChI is InChI=1S/C25H33ClN2O2/c1-18(2)25(29)27-23-8-4-6-21(14-23)20-10-12-28(13-11-20)16-19(3)17-30-24-9-5-7-22(26)15-24/h4-9,14-15,18-20H,10-13,16-17H2,1-3H3,(H,27,29)/t19-/m0/s1. The predicted octanol–water partition coefficient (Wildman–Crippen LogP) is 5.83. The van der Waals surface area contributed by atoms with Crippen molar-refractivity contribution >= 4 is 23.2 Å². The molecule has 1 fully saturated rings. The molecule has 1 aliphatic rings. The molecule has 1 heterocycles. The monoisotopic (exact) mass is 428 g/mol. The van der Waals surface area contributed by atoms with Crippen LogP contribution in [0.25, 0.3) is 0 Å². The largest absolute Gasteiger partial charge is 0.493 e. The minimum atomic E-state index is -0.0123. The maximum Gasteiger partial charge on any atom is 0.226 e. The van der Waals surface area contributed by atoms with Crippen molar-refractivity contribution in [2.24, 2.45) is 11.8 Å². The number of nitrogens with zero attached hydrogens (tertiary/aromatic N) is 1. The smallest absolute Gasteiger partial charge is 0.226 e. The molecule has 0 bridgehead atoms. The second-order valence-electron chi connectivity index (χ2n) is 8.72. The summed E-state index contributed by atoms with van der Waals surface area (Å²) in [6.07, 6.45) is 2.28. The van der Waals surface area contributed by atoms with Gasteiger partial charge in [0.25, 0.3) is 0 Å². The summed E-state index contributed by atoms with van der Waals surface area (Å²) in [7, 11) is 0. The molecular formula is C25H33ClN2O2. The van der Waals surface area contributed by atoms with E-state index in [9.17, 15) is 4.79 Å². The van der Waals surface area contributed by atoms with E-state index in [4.69, 9.17) is 16.3 Å². The maximum atomic E-state index is 12.0. The fourth-order valence-electron chi connectivity index (χ4n) is 3.89. The Hall–Kier alpha value is -2.04. The molecule has 1 N–H and O–H groups in total. The highest BCUT2D eigenvalue weighted by molar-refractivity contribution is 6.30. The average molecular weight is 429 g/mol. The Labute approximate surface area is 185 Å². The number of hydrogen-bond donors (Lipinski definition) is 1. The van der Waals surface area contributed by atoms with Gasteiger partial charge >= 0.3 is 0 Å². The zero-order valence-corrected chi connectivity index (χ0v) is 19.0. The number of ether oxygens (including phenoxy) is 1. The number of anilines is 1. The highest BCUT2D eigenvalue weighted by Gasteiger charge is 2.22. The summed E-state index contributed by atoms with van der Waals surface area (Å²) in [4.78, 5) is 14.5. The van der Waals surface area contributed by atoms with Crippen molar-refractivity contribution in [3.05, 3.63) is 59.1 Å². The quantitative estimate of drug-likeness (QED) is 0.575. The molecule has 5 heteroatoms. The van der Waals surface area contributed by atoms with E-state index < -0.39 is 0 Å². The number of carbonyl (C=O) groups is 1. The van der Waals surface area contributed by atoms with E-state index in [0.29, 0.717) is 23.5 Å². The van der Waals surface area contributed by atoms with Crippen LogP contribution in [0.1, 0.15) is 45.1 Å². The first-order chi connectivity index (χ1) is 14.4. The number of nitrogens with one attached hydrogen (secondary N) is 1. The fourth-order valence-corrected chi connectivity index (χ4v) is 4.07. The van der Waals surface area contributed by atoms with Crippen LogP contribution in [0.2, 0.25) is 5.02 Å².